The molecule has 2 aromatic rings. The van der Waals surface area contributed by atoms with Gasteiger partial charge in [0.05, 0.1) is 5.57 Å². The Balaban J connectivity index is 1.76. The van der Waals surface area contributed by atoms with Gasteiger partial charge in [0, 0.05) is 17.1 Å². The molecule has 1 aromatic heterocycles. The Hall–Kier alpha value is -3.14. The number of nitrogens with one attached hydrogen (secondary N) is 1. The number of hydrogen-bond acceptors (Lipinski definition) is 4. The number of amides is 1. The number of hydrazone groups is 1. The zero-order valence-corrected chi connectivity index (χ0v) is 17.9. The monoisotopic (exact) mass is 445 g/mol. The number of carbonyl (C=O) groups is 1. The number of carbonyl (C=O) groups excluding carboxylic acids is 1. The third kappa shape index (κ3) is 3.60. The number of nitrogens with zero attached hydrogens (tertiary/aromatic N) is 4. The summed E-state index contributed by atoms with van der Waals surface area (Å²) in [6, 6.07) is 7.97. The highest BCUT2D eigenvalue weighted by Crippen LogP contribution is 2.35. The van der Waals surface area contributed by atoms with E-state index in [1.54, 1.807) is 0 Å². The van der Waals surface area contributed by atoms with Gasteiger partial charge in [-0.2, -0.15) is 28.3 Å². The van der Waals surface area contributed by atoms with Gasteiger partial charge in [0.2, 0.25) is 10.2 Å². The molecule has 0 aliphatic carbocycles. The van der Waals surface area contributed by atoms with Crippen molar-refractivity contribution in [3.8, 4) is 5.69 Å². The molecule has 0 saturated carbocycles. The van der Waals surface area contributed by atoms with Gasteiger partial charge in [0.1, 0.15) is 0 Å². The average Bonchev–Trinajstić information content (AvgIpc) is 3.21. The number of aryl methyl sites for hydroxylation is 3. The topological polar surface area (TPSA) is 73.8 Å². The van der Waals surface area contributed by atoms with Crippen molar-refractivity contribution < 1.29 is 18.0 Å². The molecule has 10 heteroatoms. The number of thioether (sulfide) groups is 1. The van der Waals surface area contributed by atoms with Crippen LogP contribution in [0.2, 0.25) is 0 Å². The molecule has 0 atom stereocenters. The van der Waals surface area contributed by atoms with E-state index in [1.165, 1.54) is 6.08 Å². The van der Waals surface area contributed by atoms with Gasteiger partial charge in [-0.3, -0.25) is 10.2 Å². The van der Waals surface area contributed by atoms with Crippen LogP contribution in [-0.2, 0) is 4.79 Å². The predicted molar refractivity (Wildman–Crippen MR) is 116 cm³/mol. The smallest absolute Gasteiger partial charge is 0.318 e. The Kier molecular flexibility index (Phi) is 4.92. The molecule has 6 nitrogen and oxygen atoms in total. The van der Waals surface area contributed by atoms with Gasteiger partial charge in [-0.15, -0.1) is 0 Å². The van der Waals surface area contributed by atoms with Crippen LogP contribution in [0.5, 0.6) is 0 Å². The molecule has 0 radical (unpaired) electrons. The number of hydrogen-bond donors (Lipinski definition) is 1. The maximum atomic E-state index is 13.0. The van der Waals surface area contributed by atoms with Crippen LogP contribution in [0.1, 0.15) is 28.1 Å². The van der Waals surface area contributed by atoms with Crippen LogP contribution in [-0.4, -0.2) is 37.7 Å². The summed E-state index contributed by atoms with van der Waals surface area (Å²) in [6.45, 7) is 7.84. The number of amidine groups is 2. The van der Waals surface area contributed by atoms with E-state index in [1.807, 2.05) is 50.5 Å². The number of alkyl halides is 3. The molecular weight excluding hydrogens is 427 g/mol. The summed E-state index contributed by atoms with van der Waals surface area (Å²) in [5.74, 6) is -1.20. The summed E-state index contributed by atoms with van der Waals surface area (Å²) in [5, 5.41) is 11.0. The molecule has 0 unspecified atom stereocenters. The fourth-order valence-corrected chi connectivity index (χ4v) is 4.38. The zero-order chi connectivity index (χ0) is 22.7. The van der Waals surface area contributed by atoms with Gasteiger partial charge in [0.15, 0.2) is 5.84 Å². The van der Waals surface area contributed by atoms with E-state index >= 15 is 0 Å². The Labute approximate surface area is 180 Å². The molecule has 2 aliphatic rings. The molecule has 3 heterocycles. The third-order valence-corrected chi connectivity index (χ3v) is 6.01. The largest absolute Gasteiger partial charge is 0.441 e. The average molecular weight is 445 g/mol. The highest BCUT2D eigenvalue weighted by molar-refractivity contribution is 8.27. The Bertz CT molecular complexity index is 1240. The van der Waals surface area contributed by atoms with Crippen LogP contribution in [0.4, 0.5) is 13.2 Å². The molecule has 1 amide bonds. The molecule has 31 heavy (non-hydrogen) atoms. The van der Waals surface area contributed by atoms with Crippen molar-refractivity contribution in [1.82, 2.24) is 9.58 Å². The number of aliphatic imine (C=N–C) groups is 1. The summed E-state index contributed by atoms with van der Waals surface area (Å²) >= 11 is 0.235. The van der Waals surface area contributed by atoms with Crippen LogP contribution in [0.3, 0.4) is 0 Å². The second-order valence-corrected chi connectivity index (χ2v) is 8.33. The van der Waals surface area contributed by atoms with Gasteiger partial charge in [0.25, 0.3) is 5.91 Å². The van der Waals surface area contributed by atoms with Crippen LogP contribution in [0.25, 0.3) is 11.8 Å². The van der Waals surface area contributed by atoms with E-state index in [4.69, 9.17) is 5.41 Å². The first kappa shape index (κ1) is 21.1. The van der Waals surface area contributed by atoms with Gasteiger partial charge >= 0.3 is 6.18 Å². The fraction of sp³-hybridized carbons (Fsp3) is 0.238. The van der Waals surface area contributed by atoms with E-state index in [0.29, 0.717) is 5.56 Å². The lowest BCUT2D eigenvalue weighted by atomic mass is 10.1. The minimum atomic E-state index is -4.67. The Morgan fingerprint density at radius 1 is 1.13 bits per heavy atom. The number of benzene rings is 1. The van der Waals surface area contributed by atoms with Crippen LogP contribution in [0.15, 0.2) is 39.9 Å². The predicted octanol–water partition coefficient (Wildman–Crippen LogP) is 4.89. The van der Waals surface area contributed by atoms with E-state index in [2.05, 4.69) is 16.2 Å². The van der Waals surface area contributed by atoms with Crippen LogP contribution < -0.4 is 0 Å². The van der Waals surface area contributed by atoms with Crippen molar-refractivity contribution in [2.24, 2.45) is 10.1 Å². The van der Waals surface area contributed by atoms with Gasteiger partial charge < -0.3 is 4.57 Å². The van der Waals surface area contributed by atoms with Gasteiger partial charge in [-0.05, 0) is 68.8 Å². The Morgan fingerprint density at radius 3 is 2.48 bits per heavy atom. The van der Waals surface area contributed by atoms with E-state index in [0.717, 1.165) is 33.2 Å². The fourth-order valence-electron chi connectivity index (χ4n) is 3.62. The lowest BCUT2D eigenvalue weighted by Crippen LogP contribution is -2.35. The van der Waals surface area contributed by atoms with Gasteiger partial charge in [-0.1, -0.05) is 17.7 Å². The minimum absolute atomic E-state index is 0.114. The number of halogens is 3. The van der Waals surface area contributed by atoms with Crippen molar-refractivity contribution in [3.63, 3.8) is 0 Å². The highest BCUT2D eigenvalue weighted by atomic mass is 32.2. The molecule has 1 N–H and O–H groups in total. The molecule has 0 bridgehead atoms. The quantitative estimate of drug-likeness (QED) is 0.669. The van der Waals surface area contributed by atoms with Crippen molar-refractivity contribution in [2.75, 3.05) is 0 Å². The second kappa shape index (κ2) is 7.23. The first-order valence-electron chi connectivity index (χ1n) is 9.31. The maximum absolute atomic E-state index is 13.0. The molecule has 4 rings (SSSR count). The lowest BCUT2D eigenvalue weighted by Gasteiger charge is -2.20. The van der Waals surface area contributed by atoms with E-state index < -0.39 is 23.0 Å². The molecule has 160 valence electrons. The minimum Gasteiger partial charge on any atom is -0.318 e. The van der Waals surface area contributed by atoms with E-state index in [-0.39, 0.29) is 22.5 Å². The number of aromatic nitrogens is 1. The number of fused-ring (bicyclic) bond motifs is 1. The SMILES string of the molecule is Cc1ccc(-n2c(C)cc(/C=C3\C(=N)N4N=C(C(F)(F)F)SC4=NC3=O)c2C)c(C)c1. The molecule has 0 saturated heterocycles. The third-order valence-electron chi connectivity index (χ3n) is 5.06. The second-order valence-electron chi connectivity index (χ2n) is 7.37. The highest BCUT2D eigenvalue weighted by Gasteiger charge is 2.46. The molecule has 0 spiro atoms. The summed E-state index contributed by atoms with van der Waals surface area (Å²) in [7, 11) is 0. The summed E-state index contributed by atoms with van der Waals surface area (Å²) in [4.78, 5) is 16.2. The van der Waals surface area contributed by atoms with Crippen molar-refractivity contribution in [1.29, 1.82) is 5.41 Å². The first-order chi connectivity index (χ1) is 14.5. The van der Waals surface area contributed by atoms with E-state index in [9.17, 15) is 18.0 Å². The Morgan fingerprint density at radius 2 is 1.84 bits per heavy atom. The first-order valence-corrected chi connectivity index (χ1v) is 10.1. The van der Waals surface area contributed by atoms with Crippen molar-refractivity contribution in [3.05, 3.63) is 57.9 Å². The zero-order valence-electron chi connectivity index (χ0n) is 17.1. The molecular formula is C21H18F3N5OS. The molecule has 2 aliphatic heterocycles. The van der Waals surface area contributed by atoms with Crippen molar-refractivity contribution >= 4 is 39.8 Å². The van der Waals surface area contributed by atoms with Crippen LogP contribution in [0, 0.1) is 33.1 Å². The lowest BCUT2D eigenvalue weighted by molar-refractivity contribution is -0.114. The summed E-state index contributed by atoms with van der Waals surface area (Å²) in [6.07, 6.45) is -3.19. The normalized spacial score (nSPS) is 17.9. The molecule has 0 fully saturated rings. The van der Waals surface area contributed by atoms with Crippen molar-refractivity contribution in [2.45, 2.75) is 33.9 Å². The molecule has 1 aromatic carbocycles. The van der Waals surface area contributed by atoms with Crippen LogP contribution >= 0.6 is 11.8 Å². The standard InChI is InChI=1S/C21H18F3N5OS/c1-10-5-6-16(11(2)7-10)28-12(3)8-14(13(28)4)9-15-17(25)29-20(26-18(15)30)31-19(27-29)21(22,23)24/h5-9,25H,1-4H3/b15-9+,25-17?. The van der Waals surface area contributed by atoms with Gasteiger partial charge in [-0.25, -0.2) is 0 Å². The maximum Gasteiger partial charge on any atom is 0.441 e. The number of rotatable bonds is 2. The summed E-state index contributed by atoms with van der Waals surface area (Å²) < 4.78 is 41.0. The summed E-state index contributed by atoms with van der Waals surface area (Å²) in [5.41, 5.74) is 5.54.